The van der Waals surface area contributed by atoms with Gasteiger partial charge in [-0.15, -0.1) is 0 Å². The second-order valence-corrected chi connectivity index (χ2v) is 6.42. The van der Waals surface area contributed by atoms with Crippen LogP contribution in [0.15, 0.2) is 24.3 Å². The van der Waals surface area contributed by atoms with Gasteiger partial charge in [-0.05, 0) is 43.4 Å². The van der Waals surface area contributed by atoms with E-state index in [1.807, 2.05) is 29.2 Å². The summed E-state index contributed by atoms with van der Waals surface area (Å²) in [6, 6.07) is 8.40. The van der Waals surface area contributed by atoms with Crippen molar-refractivity contribution in [3.63, 3.8) is 0 Å². The maximum atomic E-state index is 12.2. The summed E-state index contributed by atoms with van der Waals surface area (Å²) in [6.07, 6.45) is 4.39. The summed E-state index contributed by atoms with van der Waals surface area (Å²) in [5.41, 5.74) is 1.23. The predicted molar refractivity (Wildman–Crippen MR) is 87.2 cm³/mol. The van der Waals surface area contributed by atoms with Gasteiger partial charge in [0.05, 0.1) is 13.0 Å². The maximum Gasteiger partial charge on any atom is 0.225 e. The fourth-order valence-electron chi connectivity index (χ4n) is 3.09. The first kappa shape index (κ1) is 15.8. The largest absolute Gasteiger partial charge is 0.497 e. The summed E-state index contributed by atoms with van der Waals surface area (Å²) in [4.78, 5) is 25.9. The number of carbonyl (C=O) groups is 2. The van der Waals surface area contributed by atoms with Crippen molar-refractivity contribution in [2.45, 2.75) is 38.1 Å². The smallest absolute Gasteiger partial charge is 0.225 e. The van der Waals surface area contributed by atoms with Crippen molar-refractivity contribution in [3.8, 4) is 5.75 Å². The number of hydrogen-bond donors (Lipinski definition) is 1. The van der Waals surface area contributed by atoms with Crippen molar-refractivity contribution >= 4 is 11.8 Å². The quantitative estimate of drug-likeness (QED) is 0.780. The van der Waals surface area contributed by atoms with Gasteiger partial charge in [0, 0.05) is 25.6 Å². The molecule has 0 aromatic heterocycles. The van der Waals surface area contributed by atoms with Crippen LogP contribution >= 0.6 is 0 Å². The number of amides is 2. The fraction of sp³-hybridized carbons (Fsp3) is 0.556. The van der Waals surface area contributed by atoms with Crippen LogP contribution in [0.25, 0.3) is 0 Å². The van der Waals surface area contributed by atoms with Crippen molar-refractivity contribution in [1.29, 1.82) is 0 Å². The van der Waals surface area contributed by atoms with Crippen LogP contribution in [0.4, 0.5) is 0 Å². The highest BCUT2D eigenvalue weighted by Crippen LogP contribution is 2.32. The molecule has 2 aliphatic rings. The average Bonchev–Trinajstić information content (AvgIpc) is 3.34. The highest BCUT2D eigenvalue weighted by molar-refractivity contribution is 5.89. The number of aryl methyl sites for hydroxylation is 1. The molecule has 1 aromatic carbocycles. The molecule has 3 rings (SSSR count). The molecule has 1 saturated carbocycles. The Morgan fingerprint density at radius 1 is 1.30 bits per heavy atom. The Hall–Kier alpha value is -2.04. The molecule has 1 aromatic rings. The molecular formula is C18H24N2O3. The van der Waals surface area contributed by atoms with E-state index in [4.69, 9.17) is 4.74 Å². The topological polar surface area (TPSA) is 58.6 Å². The summed E-state index contributed by atoms with van der Waals surface area (Å²) in [6.45, 7) is 1.26. The lowest BCUT2D eigenvalue weighted by Gasteiger charge is -2.15. The van der Waals surface area contributed by atoms with Gasteiger partial charge in [0.15, 0.2) is 0 Å². The van der Waals surface area contributed by atoms with E-state index in [2.05, 4.69) is 5.32 Å². The summed E-state index contributed by atoms with van der Waals surface area (Å²) in [7, 11) is 1.66. The highest BCUT2D eigenvalue weighted by Gasteiger charge is 2.41. The molecule has 0 bridgehead atoms. The molecule has 5 heteroatoms. The normalized spacial score (nSPS) is 20.7. The van der Waals surface area contributed by atoms with Crippen LogP contribution in [0.2, 0.25) is 0 Å². The third-order valence-corrected chi connectivity index (χ3v) is 4.62. The van der Waals surface area contributed by atoms with Gasteiger partial charge in [0.2, 0.25) is 11.8 Å². The second-order valence-electron chi connectivity index (χ2n) is 6.42. The molecule has 1 heterocycles. The van der Waals surface area contributed by atoms with Crippen LogP contribution in [0.5, 0.6) is 5.75 Å². The van der Waals surface area contributed by atoms with Gasteiger partial charge in [-0.3, -0.25) is 9.59 Å². The van der Waals surface area contributed by atoms with E-state index in [9.17, 15) is 9.59 Å². The average molecular weight is 316 g/mol. The van der Waals surface area contributed by atoms with Gasteiger partial charge in [-0.2, -0.15) is 0 Å². The first-order valence-corrected chi connectivity index (χ1v) is 8.37. The number of carbonyl (C=O) groups excluding carboxylic acids is 2. The molecule has 1 unspecified atom stereocenters. The molecule has 2 fully saturated rings. The van der Waals surface area contributed by atoms with E-state index in [0.717, 1.165) is 31.4 Å². The zero-order chi connectivity index (χ0) is 16.2. The number of nitrogens with one attached hydrogen (secondary N) is 1. The minimum Gasteiger partial charge on any atom is -0.497 e. The molecule has 0 spiro atoms. The molecule has 1 saturated heterocycles. The van der Waals surface area contributed by atoms with Crippen molar-refractivity contribution in [3.05, 3.63) is 29.8 Å². The van der Waals surface area contributed by atoms with Crippen LogP contribution in [0, 0.1) is 5.92 Å². The monoisotopic (exact) mass is 316 g/mol. The third-order valence-electron chi connectivity index (χ3n) is 4.62. The number of methoxy groups -OCH3 is 1. The Morgan fingerprint density at radius 2 is 2.04 bits per heavy atom. The maximum absolute atomic E-state index is 12.2. The molecule has 5 nitrogen and oxygen atoms in total. The number of rotatable bonds is 7. The Balaban J connectivity index is 1.36. The van der Waals surface area contributed by atoms with Crippen molar-refractivity contribution < 1.29 is 14.3 Å². The lowest BCUT2D eigenvalue weighted by atomic mass is 10.1. The van der Waals surface area contributed by atoms with E-state index in [-0.39, 0.29) is 17.7 Å². The highest BCUT2D eigenvalue weighted by atomic mass is 16.5. The first-order chi connectivity index (χ1) is 11.2. The van der Waals surface area contributed by atoms with Crippen molar-refractivity contribution in [1.82, 2.24) is 10.2 Å². The third kappa shape index (κ3) is 4.03. The molecule has 2 amide bonds. The van der Waals surface area contributed by atoms with Gasteiger partial charge in [-0.25, -0.2) is 0 Å². The number of nitrogens with zero attached hydrogens (tertiary/aromatic N) is 1. The zero-order valence-electron chi connectivity index (χ0n) is 13.6. The first-order valence-electron chi connectivity index (χ1n) is 8.37. The molecule has 1 aliphatic carbocycles. The lowest BCUT2D eigenvalue weighted by Crippen LogP contribution is -2.34. The zero-order valence-corrected chi connectivity index (χ0v) is 13.6. The van der Waals surface area contributed by atoms with Gasteiger partial charge < -0.3 is 15.0 Å². The number of benzene rings is 1. The SMILES string of the molecule is COc1ccc(CCCNC(=O)C2CC(=O)N(C3CC3)C2)cc1. The van der Waals surface area contributed by atoms with Crippen LogP contribution in [-0.2, 0) is 16.0 Å². The molecule has 0 radical (unpaired) electrons. The minimum atomic E-state index is -0.163. The molecule has 1 aliphatic heterocycles. The Morgan fingerprint density at radius 3 is 2.70 bits per heavy atom. The van der Waals surface area contributed by atoms with Gasteiger partial charge in [0.25, 0.3) is 0 Å². The van der Waals surface area contributed by atoms with Crippen LogP contribution in [0.1, 0.15) is 31.2 Å². The van der Waals surface area contributed by atoms with E-state index >= 15 is 0 Å². The summed E-state index contributed by atoms with van der Waals surface area (Å²) in [5, 5.41) is 2.98. The van der Waals surface area contributed by atoms with E-state index in [1.165, 1.54) is 5.56 Å². The van der Waals surface area contributed by atoms with Crippen molar-refractivity contribution in [2.75, 3.05) is 20.2 Å². The molecule has 1 atom stereocenters. The minimum absolute atomic E-state index is 0.0243. The van der Waals surface area contributed by atoms with Gasteiger partial charge >= 0.3 is 0 Å². The summed E-state index contributed by atoms with van der Waals surface area (Å²) < 4.78 is 5.13. The Labute approximate surface area is 137 Å². The standard InChI is InChI=1S/C18H24N2O3/c1-23-16-8-4-13(5-9-16)3-2-10-19-18(22)14-11-17(21)20(12-14)15-6-7-15/h4-5,8-9,14-15H,2-3,6-7,10-12H2,1H3,(H,19,22). The molecule has 1 N–H and O–H groups in total. The van der Waals surface area contributed by atoms with Crippen LogP contribution in [-0.4, -0.2) is 43.0 Å². The predicted octanol–water partition coefficient (Wildman–Crippen LogP) is 1.75. The van der Waals surface area contributed by atoms with Crippen molar-refractivity contribution in [2.24, 2.45) is 5.92 Å². The van der Waals surface area contributed by atoms with Crippen LogP contribution < -0.4 is 10.1 Å². The number of ether oxygens (including phenoxy) is 1. The molecule has 23 heavy (non-hydrogen) atoms. The second kappa shape index (κ2) is 7.02. The number of hydrogen-bond acceptors (Lipinski definition) is 3. The van der Waals surface area contributed by atoms with E-state index in [1.54, 1.807) is 7.11 Å². The van der Waals surface area contributed by atoms with Gasteiger partial charge in [-0.1, -0.05) is 12.1 Å². The fourth-order valence-corrected chi connectivity index (χ4v) is 3.09. The Bertz CT molecular complexity index is 566. The lowest BCUT2D eigenvalue weighted by molar-refractivity contribution is -0.129. The molecule has 124 valence electrons. The summed E-state index contributed by atoms with van der Waals surface area (Å²) >= 11 is 0. The number of likely N-dealkylation sites (tertiary alicyclic amines) is 1. The van der Waals surface area contributed by atoms with Crippen LogP contribution in [0.3, 0.4) is 0 Å². The summed E-state index contributed by atoms with van der Waals surface area (Å²) in [5.74, 6) is 0.861. The molecular weight excluding hydrogens is 292 g/mol. The Kier molecular flexibility index (Phi) is 4.84. The van der Waals surface area contributed by atoms with E-state index < -0.39 is 0 Å². The van der Waals surface area contributed by atoms with Gasteiger partial charge in [0.1, 0.15) is 5.75 Å². The van der Waals surface area contributed by atoms with E-state index in [0.29, 0.717) is 25.6 Å².